The molecule has 0 aromatic heterocycles. The third-order valence-electron chi connectivity index (χ3n) is 6.57. The van der Waals surface area contributed by atoms with Crippen LogP contribution in [0.5, 0.6) is 11.5 Å². The molecule has 2 heterocycles. The quantitative estimate of drug-likeness (QED) is 0.717. The lowest BCUT2D eigenvalue weighted by atomic mass is 9.74. The van der Waals surface area contributed by atoms with E-state index in [1.54, 1.807) is 12.0 Å². The van der Waals surface area contributed by atoms with E-state index in [0.717, 1.165) is 24.8 Å². The highest BCUT2D eigenvalue weighted by molar-refractivity contribution is 6.11. The fraction of sp³-hybridized carbons (Fsp3) is 0.583. The van der Waals surface area contributed by atoms with Gasteiger partial charge in [-0.3, -0.25) is 9.59 Å². The Labute approximate surface area is 183 Å². The molecule has 4 unspecified atom stereocenters. The van der Waals surface area contributed by atoms with E-state index < -0.39 is 6.04 Å². The maximum absolute atomic E-state index is 13.6. The molecule has 4 rings (SSSR count). The zero-order valence-corrected chi connectivity index (χ0v) is 18.4. The average Bonchev–Trinajstić information content (AvgIpc) is 3.05. The number of aliphatic hydroxyl groups excluding tert-OH is 1. The molecule has 3 aliphatic rings. The van der Waals surface area contributed by atoms with Gasteiger partial charge < -0.3 is 24.2 Å². The zero-order valence-electron chi connectivity index (χ0n) is 18.4. The molecule has 1 aromatic rings. The van der Waals surface area contributed by atoms with E-state index in [4.69, 9.17) is 14.2 Å². The number of aliphatic hydroxyl groups is 1. The van der Waals surface area contributed by atoms with Gasteiger partial charge in [-0.2, -0.15) is 0 Å². The number of ketones is 1. The molecule has 1 aliphatic carbocycles. The number of carbonyl (C=O) groups excluding carboxylic acids is 2. The standard InChI is InChI=1S/C24H31NO6/c1-4-30-18-9-7-15(13-19(18)29-3)21-20-22(27)16-12-14(2)6-8-17(16)31-23(20)24(28)25(21)10-5-11-26/h7,9,13-14,16-17,21,26H,4-6,8,10-12H2,1-3H3. The molecule has 0 bridgehead atoms. The van der Waals surface area contributed by atoms with Crippen LogP contribution < -0.4 is 9.47 Å². The Morgan fingerprint density at radius 1 is 1.23 bits per heavy atom. The van der Waals surface area contributed by atoms with Crippen LogP contribution in [0.15, 0.2) is 29.5 Å². The molecule has 1 amide bonds. The maximum Gasteiger partial charge on any atom is 0.290 e. The second-order valence-electron chi connectivity index (χ2n) is 8.61. The zero-order chi connectivity index (χ0) is 22.1. The smallest absolute Gasteiger partial charge is 0.290 e. The van der Waals surface area contributed by atoms with Gasteiger partial charge in [-0.25, -0.2) is 0 Å². The predicted molar refractivity (Wildman–Crippen MR) is 114 cm³/mol. The molecule has 168 valence electrons. The van der Waals surface area contributed by atoms with Gasteiger partial charge in [0.1, 0.15) is 6.10 Å². The van der Waals surface area contributed by atoms with Gasteiger partial charge in [0, 0.05) is 13.2 Å². The molecule has 1 aromatic carbocycles. The first-order valence-electron chi connectivity index (χ1n) is 11.2. The summed E-state index contributed by atoms with van der Waals surface area (Å²) in [6.07, 6.45) is 2.78. The van der Waals surface area contributed by atoms with Crippen molar-refractivity contribution in [1.82, 2.24) is 4.90 Å². The van der Waals surface area contributed by atoms with Gasteiger partial charge in [-0.05, 0) is 56.2 Å². The highest BCUT2D eigenvalue weighted by atomic mass is 16.5. The van der Waals surface area contributed by atoms with Gasteiger partial charge >= 0.3 is 0 Å². The summed E-state index contributed by atoms with van der Waals surface area (Å²) < 4.78 is 17.3. The molecule has 7 nitrogen and oxygen atoms in total. The summed E-state index contributed by atoms with van der Waals surface area (Å²) in [7, 11) is 1.57. The number of hydrogen-bond acceptors (Lipinski definition) is 6. The molecule has 31 heavy (non-hydrogen) atoms. The third-order valence-corrected chi connectivity index (χ3v) is 6.57. The van der Waals surface area contributed by atoms with Crippen LogP contribution in [0.25, 0.3) is 0 Å². The van der Waals surface area contributed by atoms with Gasteiger partial charge in [-0.15, -0.1) is 0 Å². The number of rotatable bonds is 7. The summed E-state index contributed by atoms with van der Waals surface area (Å²) >= 11 is 0. The lowest BCUT2D eigenvalue weighted by Gasteiger charge is -2.37. The van der Waals surface area contributed by atoms with Crippen LogP contribution >= 0.6 is 0 Å². The second kappa shape index (κ2) is 8.91. The van der Waals surface area contributed by atoms with E-state index in [-0.39, 0.29) is 36.1 Å². The first-order chi connectivity index (χ1) is 15.0. The molecule has 0 saturated heterocycles. The molecule has 0 radical (unpaired) electrons. The van der Waals surface area contributed by atoms with Gasteiger partial charge in [0.25, 0.3) is 5.91 Å². The second-order valence-corrected chi connectivity index (χ2v) is 8.61. The topological polar surface area (TPSA) is 85.3 Å². The van der Waals surface area contributed by atoms with Gasteiger partial charge in [0.05, 0.1) is 31.2 Å². The Morgan fingerprint density at radius 2 is 2.03 bits per heavy atom. The van der Waals surface area contributed by atoms with Crippen molar-refractivity contribution in [3.8, 4) is 11.5 Å². The van der Waals surface area contributed by atoms with E-state index >= 15 is 0 Å². The minimum atomic E-state index is -0.552. The van der Waals surface area contributed by atoms with Crippen LogP contribution in [0.3, 0.4) is 0 Å². The minimum absolute atomic E-state index is 0.0236. The Kier molecular flexibility index (Phi) is 6.23. The number of methoxy groups -OCH3 is 1. The van der Waals surface area contributed by atoms with E-state index in [9.17, 15) is 14.7 Å². The van der Waals surface area contributed by atoms with E-state index in [1.165, 1.54) is 0 Å². The highest BCUT2D eigenvalue weighted by Crippen LogP contribution is 2.48. The SMILES string of the molecule is CCOc1ccc(C2C3=C(OC4CCC(C)CC4C3=O)C(=O)N2CCCO)cc1OC. The summed E-state index contributed by atoms with van der Waals surface area (Å²) in [4.78, 5) is 28.6. The van der Waals surface area contributed by atoms with Crippen molar-refractivity contribution < 1.29 is 28.9 Å². The van der Waals surface area contributed by atoms with Crippen LogP contribution in [0.2, 0.25) is 0 Å². The van der Waals surface area contributed by atoms with Crippen LogP contribution in [0.1, 0.15) is 51.1 Å². The highest BCUT2D eigenvalue weighted by Gasteiger charge is 2.52. The van der Waals surface area contributed by atoms with Crippen LogP contribution in [-0.2, 0) is 14.3 Å². The number of fused-ring (bicyclic) bond motifs is 1. The van der Waals surface area contributed by atoms with E-state index in [0.29, 0.717) is 42.6 Å². The van der Waals surface area contributed by atoms with Gasteiger partial charge in [0.2, 0.25) is 0 Å². The number of Topliss-reactive ketones (excluding diaryl/α,β-unsaturated/α-hetero) is 1. The van der Waals surface area contributed by atoms with Crippen molar-refractivity contribution in [2.24, 2.45) is 11.8 Å². The number of benzene rings is 1. The number of amides is 1. The predicted octanol–water partition coefficient (Wildman–Crippen LogP) is 3.02. The molecule has 7 heteroatoms. The Bertz CT molecular complexity index is 894. The van der Waals surface area contributed by atoms with Crippen molar-refractivity contribution >= 4 is 11.7 Å². The number of carbonyl (C=O) groups is 2. The summed E-state index contributed by atoms with van der Waals surface area (Å²) in [5.41, 5.74) is 1.22. The normalized spacial score (nSPS) is 27.7. The molecule has 1 fully saturated rings. The average molecular weight is 430 g/mol. The molecule has 4 atom stereocenters. The molecule has 1 N–H and O–H groups in total. The largest absolute Gasteiger partial charge is 0.493 e. The van der Waals surface area contributed by atoms with Gasteiger partial charge in [-0.1, -0.05) is 13.0 Å². The third kappa shape index (κ3) is 3.80. The lowest BCUT2D eigenvalue weighted by molar-refractivity contribution is -0.136. The summed E-state index contributed by atoms with van der Waals surface area (Å²) in [6.45, 7) is 4.87. The molecule has 1 saturated carbocycles. The summed E-state index contributed by atoms with van der Waals surface area (Å²) in [5.74, 6) is 1.36. The fourth-order valence-electron chi connectivity index (χ4n) is 5.07. The lowest BCUT2D eigenvalue weighted by Crippen LogP contribution is -2.41. The van der Waals surface area contributed by atoms with Crippen LogP contribution in [0, 0.1) is 11.8 Å². The van der Waals surface area contributed by atoms with E-state index in [2.05, 4.69) is 6.92 Å². The fourth-order valence-corrected chi connectivity index (χ4v) is 5.07. The van der Waals surface area contributed by atoms with Crippen molar-refractivity contribution in [3.63, 3.8) is 0 Å². The Morgan fingerprint density at radius 3 is 2.74 bits per heavy atom. The van der Waals surface area contributed by atoms with Crippen molar-refractivity contribution in [1.29, 1.82) is 0 Å². The first-order valence-corrected chi connectivity index (χ1v) is 11.2. The first kappa shape index (κ1) is 21.7. The van der Waals surface area contributed by atoms with E-state index in [1.807, 2.05) is 25.1 Å². The molecular weight excluding hydrogens is 398 g/mol. The Balaban J connectivity index is 1.77. The van der Waals surface area contributed by atoms with Crippen LogP contribution in [-0.4, -0.2) is 54.7 Å². The summed E-state index contributed by atoms with van der Waals surface area (Å²) in [6, 6.07) is 4.96. The van der Waals surface area contributed by atoms with Gasteiger partial charge in [0.15, 0.2) is 23.0 Å². The number of hydrogen-bond donors (Lipinski definition) is 1. The monoisotopic (exact) mass is 429 g/mol. The molecule has 2 aliphatic heterocycles. The summed E-state index contributed by atoms with van der Waals surface area (Å²) in [5, 5.41) is 9.37. The Hall–Kier alpha value is -2.54. The maximum atomic E-state index is 13.6. The molecular formula is C24H31NO6. The van der Waals surface area contributed by atoms with Crippen molar-refractivity contribution in [2.45, 2.75) is 51.7 Å². The number of nitrogens with zero attached hydrogens (tertiary/aromatic N) is 1. The van der Waals surface area contributed by atoms with Crippen LogP contribution in [0.4, 0.5) is 0 Å². The number of ether oxygens (including phenoxy) is 3. The minimum Gasteiger partial charge on any atom is -0.493 e. The molecule has 0 spiro atoms. The van der Waals surface area contributed by atoms with Crippen molar-refractivity contribution in [2.75, 3.05) is 26.9 Å². The van der Waals surface area contributed by atoms with Crippen molar-refractivity contribution in [3.05, 3.63) is 35.1 Å².